The molecule has 2 rings (SSSR count). The molecule has 1 amide bonds. The van der Waals surface area contributed by atoms with Crippen LogP contribution in [0.1, 0.15) is 12.5 Å². The van der Waals surface area contributed by atoms with Crippen LogP contribution >= 0.6 is 11.8 Å². The van der Waals surface area contributed by atoms with Gasteiger partial charge in [0.2, 0.25) is 5.91 Å². The number of rotatable bonds is 4. The Hall–Kier alpha value is -1.07. The minimum absolute atomic E-state index is 0.0497. The third-order valence-corrected chi connectivity index (χ3v) is 3.81. The second kappa shape index (κ2) is 5.28. The molecule has 1 N–H and O–H groups in total. The number of hydrogen-bond acceptors (Lipinski definition) is 3. The van der Waals surface area contributed by atoms with Crippen LogP contribution in [0.4, 0.5) is 4.39 Å². The van der Waals surface area contributed by atoms with Crippen molar-refractivity contribution in [3.63, 3.8) is 0 Å². The van der Waals surface area contributed by atoms with Crippen molar-refractivity contribution in [2.45, 2.75) is 18.3 Å². The van der Waals surface area contributed by atoms with Crippen molar-refractivity contribution >= 4 is 17.7 Å². The van der Waals surface area contributed by atoms with Gasteiger partial charge in [0.1, 0.15) is 5.82 Å². The monoisotopic (exact) mass is 269 g/mol. The summed E-state index contributed by atoms with van der Waals surface area (Å²) in [6.45, 7) is 2.56. The van der Waals surface area contributed by atoms with Crippen LogP contribution in [0, 0.1) is 5.82 Å². The highest BCUT2D eigenvalue weighted by molar-refractivity contribution is 7.99. The number of nitrogens with zero attached hydrogens (tertiary/aromatic N) is 1. The lowest BCUT2D eigenvalue weighted by atomic mass is 9.97. The van der Waals surface area contributed by atoms with E-state index < -0.39 is 5.60 Å². The topological polar surface area (TPSA) is 40.5 Å². The number of carbonyl (C=O) groups is 1. The predicted octanol–water partition coefficient (Wildman–Crippen LogP) is 1.65. The van der Waals surface area contributed by atoms with Gasteiger partial charge in [-0.25, -0.2) is 4.39 Å². The Kier molecular flexibility index (Phi) is 3.92. The standard InChI is InChI=1S/C13H16FNO2S/c1-13(17)8-15(9-13)12(16)7-18-6-10-2-4-11(14)5-3-10/h2-5,17H,6-9H2,1H3. The van der Waals surface area contributed by atoms with E-state index in [4.69, 9.17) is 0 Å². The third-order valence-electron chi connectivity index (χ3n) is 2.82. The van der Waals surface area contributed by atoms with Crippen LogP contribution < -0.4 is 0 Å². The molecule has 1 aromatic rings. The van der Waals surface area contributed by atoms with Gasteiger partial charge in [0, 0.05) is 5.75 Å². The zero-order chi connectivity index (χ0) is 13.2. The van der Waals surface area contributed by atoms with Gasteiger partial charge in [-0.15, -0.1) is 11.8 Å². The number of hydrogen-bond donors (Lipinski definition) is 1. The van der Waals surface area contributed by atoms with E-state index in [0.717, 1.165) is 5.56 Å². The van der Waals surface area contributed by atoms with Crippen LogP contribution in [0.15, 0.2) is 24.3 Å². The Balaban J connectivity index is 1.69. The molecule has 98 valence electrons. The van der Waals surface area contributed by atoms with Gasteiger partial charge in [0.15, 0.2) is 0 Å². The molecule has 0 aliphatic carbocycles. The number of aliphatic hydroxyl groups is 1. The Morgan fingerprint density at radius 3 is 2.61 bits per heavy atom. The fourth-order valence-corrected chi connectivity index (χ4v) is 2.77. The van der Waals surface area contributed by atoms with Gasteiger partial charge in [0.05, 0.1) is 24.4 Å². The minimum atomic E-state index is -0.711. The molecule has 18 heavy (non-hydrogen) atoms. The van der Waals surface area contributed by atoms with Crippen molar-refractivity contribution in [2.24, 2.45) is 0 Å². The molecule has 0 spiro atoms. The van der Waals surface area contributed by atoms with Crippen molar-refractivity contribution < 1.29 is 14.3 Å². The number of halogens is 1. The molecule has 0 unspecified atom stereocenters. The van der Waals surface area contributed by atoms with Crippen LogP contribution in [0.3, 0.4) is 0 Å². The van der Waals surface area contributed by atoms with Gasteiger partial charge in [-0.1, -0.05) is 12.1 Å². The van der Waals surface area contributed by atoms with Crippen molar-refractivity contribution in [1.82, 2.24) is 4.90 Å². The van der Waals surface area contributed by atoms with E-state index in [1.807, 2.05) is 0 Å². The van der Waals surface area contributed by atoms with Crippen LogP contribution in [0.2, 0.25) is 0 Å². The van der Waals surface area contributed by atoms with Gasteiger partial charge in [0.25, 0.3) is 0 Å². The maximum Gasteiger partial charge on any atom is 0.232 e. The van der Waals surface area contributed by atoms with E-state index in [-0.39, 0.29) is 11.7 Å². The van der Waals surface area contributed by atoms with Crippen LogP contribution in [-0.4, -0.2) is 40.4 Å². The van der Waals surface area contributed by atoms with Crippen molar-refractivity contribution in [2.75, 3.05) is 18.8 Å². The first-order chi connectivity index (χ1) is 8.46. The minimum Gasteiger partial charge on any atom is -0.386 e. The van der Waals surface area contributed by atoms with Crippen LogP contribution in [-0.2, 0) is 10.5 Å². The van der Waals surface area contributed by atoms with Gasteiger partial charge in [-0.3, -0.25) is 4.79 Å². The number of benzene rings is 1. The van der Waals surface area contributed by atoms with E-state index in [2.05, 4.69) is 0 Å². The SMILES string of the molecule is CC1(O)CN(C(=O)CSCc2ccc(F)cc2)C1. The van der Waals surface area contributed by atoms with Crippen molar-refractivity contribution in [3.8, 4) is 0 Å². The smallest absolute Gasteiger partial charge is 0.232 e. The van der Waals surface area contributed by atoms with E-state index in [0.29, 0.717) is 24.6 Å². The second-order valence-electron chi connectivity index (χ2n) is 4.87. The average molecular weight is 269 g/mol. The van der Waals surface area contributed by atoms with Crippen LogP contribution in [0.5, 0.6) is 0 Å². The second-order valence-corrected chi connectivity index (χ2v) is 5.85. The predicted molar refractivity (Wildman–Crippen MR) is 69.8 cm³/mol. The summed E-state index contributed by atoms with van der Waals surface area (Å²) in [5.74, 6) is 0.889. The summed E-state index contributed by atoms with van der Waals surface area (Å²) >= 11 is 1.50. The highest BCUT2D eigenvalue weighted by Crippen LogP contribution is 2.21. The summed E-state index contributed by atoms with van der Waals surface area (Å²) in [4.78, 5) is 13.3. The Morgan fingerprint density at radius 1 is 1.44 bits per heavy atom. The normalized spacial score (nSPS) is 17.4. The van der Waals surface area contributed by atoms with Crippen LogP contribution in [0.25, 0.3) is 0 Å². The number of likely N-dealkylation sites (tertiary alicyclic amines) is 1. The molecule has 1 aliphatic rings. The highest BCUT2D eigenvalue weighted by Gasteiger charge is 2.38. The summed E-state index contributed by atoms with van der Waals surface area (Å²) in [6.07, 6.45) is 0. The molecule has 1 fully saturated rings. The highest BCUT2D eigenvalue weighted by atomic mass is 32.2. The molecule has 1 saturated heterocycles. The molecule has 1 aliphatic heterocycles. The van der Waals surface area contributed by atoms with Crippen molar-refractivity contribution in [1.29, 1.82) is 0 Å². The fraction of sp³-hybridized carbons (Fsp3) is 0.462. The summed E-state index contributed by atoms with van der Waals surface area (Å²) in [5, 5.41) is 9.53. The van der Waals surface area contributed by atoms with E-state index in [1.165, 1.54) is 23.9 Å². The van der Waals surface area contributed by atoms with E-state index >= 15 is 0 Å². The zero-order valence-corrected chi connectivity index (χ0v) is 11.0. The maximum absolute atomic E-state index is 12.7. The first-order valence-electron chi connectivity index (χ1n) is 5.79. The molecule has 0 aromatic heterocycles. The fourth-order valence-electron chi connectivity index (χ4n) is 1.88. The summed E-state index contributed by atoms with van der Waals surface area (Å²) < 4.78 is 12.7. The Labute approximate surface area is 110 Å². The molecule has 5 heteroatoms. The maximum atomic E-state index is 12.7. The Bertz CT molecular complexity index is 425. The first kappa shape index (κ1) is 13.4. The number of β-amino-alcohol motifs (C(OH)–C–C–N with tert-alkyl or cyclic N) is 1. The zero-order valence-electron chi connectivity index (χ0n) is 10.2. The quantitative estimate of drug-likeness (QED) is 0.903. The van der Waals surface area contributed by atoms with E-state index in [1.54, 1.807) is 24.0 Å². The van der Waals surface area contributed by atoms with Gasteiger partial charge in [-0.2, -0.15) is 0 Å². The first-order valence-corrected chi connectivity index (χ1v) is 6.94. The average Bonchev–Trinajstić information content (AvgIpc) is 2.28. The van der Waals surface area contributed by atoms with Gasteiger partial charge >= 0.3 is 0 Å². The summed E-state index contributed by atoms with van der Waals surface area (Å²) in [7, 11) is 0. The molecule has 1 aromatic carbocycles. The molecule has 0 atom stereocenters. The lowest BCUT2D eigenvalue weighted by molar-refractivity contribution is -0.149. The molecule has 0 saturated carbocycles. The molecule has 0 radical (unpaired) electrons. The van der Waals surface area contributed by atoms with Crippen molar-refractivity contribution in [3.05, 3.63) is 35.6 Å². The lowest BCUT2D eigenvalue weighted by Gasteiger charge is -2.44. The van der Waals surface area contributed by atoms with Gasteiger partial charge < -0.3 is 10.0 Å². The van der Waals surface area contributed by atoms with Gasteiger partial charge in [-0.05, 0) is 24.6 Å². The largest absolute Gasteiger partial charge is 0.386 e. The number of carbonyl (C=O) groups excluding carboxylic acids is 1. The molecular weight excluding hydrogens is 253 g/mol. The molecular formula is C13H16FNO2S. The Morgan fingerprint density at radius 2 is 2.06 bits per heavy atom. The molecule has 3 nitrogen and oxygen atoms in total. The molecule has 1 heterocycles. The molecule has 0 bridgehead atoms. The number of amides is 1. The summed E-state index contributed by atoms with van der Waals surface area (Å²) in [5.41, 5.74) is 0.293. The summed E-state index contributed by atoms with van der Waals surface area (Å²) in [6, 6.07) is 6.29. The lowest BCUT2D eigenvalue weighted by Crippen LogP contribution is -2.62. The van der Waals surface area contributed by atoms with E-state index in [9.17, 15) is 14.3 Å². The number of thioether (sulfide) groups is 1. The third kappa shape index (κ3) is 3.46.